The molecule has 0 saturated heterocycles. The van der Waals surface area contributed by atoms with Gasteiger partial charge in [0.15, 0.2) is 0 Å². The van der Waals surface area contributed by atoms with Gasteiger partial charge in [0, 0.05) is 38.5 Å². The van der Waals surface area contributed by atoms with Crippen LogP contribution >= 0.6 is 23.2 Å². The van der Waals surface area contributed by atoms with Crippen molar-refractivity contribution in [3.8, 4) is 0 Å². The van der Waals surface area contributed by atoms with Crippen molar-refractivity contribution in [1.29, 1.82) is 0 Å². The van der Waals surface area contributed by atoms with E-state index in [-0.39, 0.29) is 29.8 Å². The maximum absolute atomic E-state index is 12.6. The summed E-state index contributed by atoms with van der Waals surface area (Å²) in [5, 5.41) is -1.34. The van der Waals surface area contributed by atoms with Crippen LogP contribution in [0.25, 0.3) is 0 Å². The van der Waals surface area contributed by atoms with Crippen LogP contribution in [-0.4, -0.2) is 32.1 Å². The highest BCUT2D eigenvalue weighted by Gasteiger charge is 2.48. The number of hydrogen-bond acceptors (Lipinski definition) is 1. The summed E-state index contributed by atoms with van der Waals surface area (Å²) < 4.78 is 49.6. The molecule has 1 saturated carbocycles. The van der Waals surface area contributed by atoms with Gasteiger partial charge in [-0.2, -0.15) is 13.2 Å². The summed E-state index contributed by atoms with van der Waals surface area (Å²) in [6, 6.07) is 0. The van der Waals surface area contributed by atoms with E-state index in [1.54, 1.807) is 0 Å². The van der Waals surface area contributed by atoms with E-state index in [1.807, 2.05) is 13.8 Å². The highest BCUT2D eigenvalue weighted by atomic mass is 35.5. The van der Waals surface area contributed by atoms with Crippen molar-refractivity contribution >= 4 is 34.0 Å². The summed E-state index contributed by atoms with van der Waals surface area (Å²) >= 11 is 12.0. The van der Waals surface area contributed by atoms with Crippen molar-refractivity contribution in [3.63, 3.8) is 0 Å². The molecule has 18 heavy (non-hydrogen) atoms. The van der Waals surface area contributed by atoms with Crippen LogP contribution in [0, 0.1) is 11.8 Å². The van der Waals surface area contributed by atoms with Crippen molar-refractivity contribution in [3.05, 3.63) is 0 Å². The Kier molecular flexibility index (Phi) is 5.81. The van der Waals surface area contributed by atoms with Crippen LogP contribution in [0.15, 0.2) is 0 Å². The minimum atomic E-state index is -4.25. The highest BCUT2D eigenvalue weighted by molar-refractivity contribution is 7.85. The van der Waals surface area contributed by atoms with Crippen LogP contribution in [-0.2, 0) is 10.8 Å². The Morgan fingerprint density at radius 2 is 1.67 bits per heavy atom. The smallest absolute Gasteiger partial charge is 0.259 e. The van der Waals surface area contributed by atoms with Gasteiger partial charge in [0.25, 0.3) is 0 Å². The largest absolute Gasteiger partial charge is 0.391 e. The summed E-state index contributed by atoms with van der Waals surface area (Å²) in [7, 11) is -1.09. The molecule has 3 atom stereocenters. The molecule has 1 aliphatic rings. The Morgan fingerprint density at radius 3 is 2.00 bits per heavy atom. The minimum absolute atomic E-state index is 0.0296. The van der Waals surface area contributed by atoms with Crippen LogP contribution < -0.4 is 0 Å². The molecule has 0 amide bonds. The first kappa shape index (κ1) is 16.6. The molecule has 0 aliphatic heterocycles. The topological polar surface area (TPSA) is 17.1 Å². The highest BCUT2D eigenvalue weighted by Crippen LogP contribution is 2.43. The Morgan fingerprint density at radius 1 is 1.22 bits per heavy atom. The number of hydrogen-bond donors (Lipinski definition) is 0. The van der Waals surface area contributed by atoms with Crippen molar-refractivity contribution in [2.45, 2.75) is 48.9 Å². The molecule has 0 bridgehead atoms. The third-order valence-corrected chi connectivity index (χ3v) is 6.06. The molecular weight excluding hydrogens is 308 g/mol. The monoisotopic (exact) mass is 324 g/mol. The Hall–Kier alpha value is 0.520. The lowest BCUT2D eigenvalue weighted by Crippen LogP contribution is -2.42. The molecular formula is C11H17Cl2F3OS. The summed E-state index contributed by atoms with van der Waals surface area (Å²) in [6.45, 7) is 3.62. The van der Waals surface area contributed by atoms with Gasteiger partial charge in [-0.3, -0.25) is 4.21 Å². The lowest BCUT2D eigenvalue weighted by atomic mass is 9.81. The maximum atomic E-state index is 12.6. The molecule has 0 radical (unpaired) electrons. The summed E-state index contributed by atoms with van der Waals surface area (Å²) in [4.78, 5) is 0. The molecule has 0 aromatic carbocycles. The first-order chi connectivity index (χ1) is 8.12. The van der Waals surface area contributed by atoms with E-state index in [0.29, 0.717) is 0 Å². The first-order valence-electron chi connectivity index (χ1n) is 5.85. The lowest BCUT2D eigenvalue weighted by Gasteiger charge is -2.37. The molecule has 1 fully saturated rings. The first-order valence-corrected chi connectivity index (χ1v) is 8.10. The third kappa shape index (κ3) is 4.27. The fraction of sp³-hybridized carbons (Fsp3) is 1.00. The van der Waals surface area contributed by atoms with Gasteiger partial charge in [0.05, 0.1) is 5.92 Å². The zero-order valence-electron chi connectivity index (χ0n) is 10.2. The van der Waals surface area contributed by atoms with E-state index in [2.05, 4.69) is 0 Å². The Balaban J connectivity index is 2.67. The van der Waals surface area contributed by atoms with Gasteiger partial charge < -0.3 is 0 Å². The molecule has 1 nitrogen and oxygen atoms in total. The molecule has 0 aromatic rings. The Bertz CT molecular complexity index is 297. The lowest BCUT2D eigenvalue weighted by molar-refractivity contribution is -0.182. The zero-order valence-corrected chi connectivity index (χ0v) is 12.5. The zero-order chi connectivity index (χ0) is 14.1. The molecule has 108 valence electrons. The van der Waals surface area contributed by atoms with E-state index in [0.717, 1.165) is 0 Å². The van der Waals surface area contributed by atoms with Gasteiger partial charge in [0.2, 0.25) is 0 Å². The Labute approximate surface area is 118 Å². The normalized spacial score (nSPS) is 35.8. The van der Waals surface area contributed by atoms with Crippen LogP contribution in [0.3, 0.4) is 0 Å². The summed E-state index contributed by atoms with van der Waals surface area (Å²) in [5.41, 5.74) is 0. The number of alkyl halides is 5. The van der Waals surface area contributed by atoms with Crippen molar-refractivity contribution in [1.82, 2.24) is 0 Å². The van der Waals surface area contributed by atoms with Gasteiger partial charge in [0.1, 0.15) is 0 Å². The molecule has 1 aliphatic carbocycles. The van der Waals surface area contributed by atoms with Gasteiger partial charge in [-0.15, -0.1) is 23.2 Å². The van der Waals surface area contributed by atoms with E-state index in [4.69, 9.17) is 23.2 Å². The van der Waals surface area contributed by atoms with Gasteiger partial charge in [-0.1, -0.05) is 13.8 Å². The molecule has 0 aromatic heterocycles. The van der Waals surface area contributed by atoms with E-state index in [1.165, 1.54) is 0 Å². The maximum Gasteiger partial charge on any atom is 0.391 e. The molecule has 0 heterocycles. The van der Waals surface area contributed by atoms with Gasteiger partial charge >= 0.3 is 6.18 Å². The number of halogens is 5. The fourth-order valence-electron chi connectivity index (χ4n) is 2.07. The second kappa shape index (κ2) is 6.31. The average molecular weight is 325 g/mol. The summed E-state index contributed by atoms with van der Waals surface area (Å²) in [6.07, 6.45) is -4.51. The van der Waals surface area contributed by atoms with E-state index in [9.17, 15) is 17.4 Å². The van der Waals surface area contributed by atoms with Crippen LogP contribution in [0.1, 0.15) is 26.7 Å². The SMILES string of the molecule is CC(C)S(=O)CC1C(Cl)CC(C(F)(F)F)CC1Cl. The molecule has 0 N–H and O–H groups in total. The van der Waals surface area contributed by atoms with E-state index >= 15 is 0 Å². The van der Waals surface area contributed by atoms with E-state index < -0.39 is 33.6 Å². The summed E-state index contributed by atoms with van der Waals surface area (Å²) in [5.74, 6) is -1.47. The van der Waals surface area contributed by atoms with Gasteiger partial charge in [-0.25, -0.2) is 0 Å². The minimum Gasteiger partial charge on any atom is -0.259 e. The average Bonchev–Trinajstić information content (AvgIpc) is 2.21. The predicted molar refractivity (Wildman–Crippen MR) is 69.7 cm³/mol. The van der Waals surface area contributed by atoms with Gasteiger partial charge in [-0.05, 0) is 12.8 Å². The van der Waals surface area contributed by atoms with Crippen molar-refractivity contribution in [2.75, 3.05) is 5.75 Å². The van der Waals surface area contributed by atoms with Crippen LogP contribution in [0.2, 0.25) is 0 Å². The predicted octanol–water partition coefficient (Wildman–Crippen LogP) is 3.95. The molecule has 1 rings (SSSR count). The van der Waals surface area contributed by atoms with Crippen molar-refractivity contribution < 1.29 is 17.4 Å². The van der Waals surface area contributed by atoms with Crippen LogP contribution in [0.5, 0.6) is 0 Å². The van der Waals surface area contributed by atoms with Crippen LogP contribution in [0.4, 0.5) is 13.2 Å². The molecule has 3 unspecified atom stereocenters. The second-order valence-corrected chi connectivity index (χ2v) is 8.16. The fourth-order valence-corrected chi connectivity index (χ4v) is 4.55. The second-order valence-electron chi connectivity index (χ2n) is 5.00. The standard InChI is InChI=1S/C11H17Cl2F3OS/c1-6(2)18(17)5-8-9(12)3-7(4-10(8)13)11(14,15)16/h6-10H,3-5H2,1-2H3. The third-order valence-electron chi connectivity index (χ3n) is 3.29. The molecule has 7 heteroatoms. The number of rotatable bonds is 3. The quantitative estimate of drug-likeness (QED) is 0.718. The van der Waals surface area contributed by atoms with Crippen molar-refractivity contribution in [2.24, 2.45) is 11.8 Å². The molecule has 0 spiro atoms.